The summed E-state index contributed by atoms with van der Waals surface area (Å²) in [5.41, 5.74) is 0. The van der Waals surface area contributed by atoms with E-state index in [-0.39, 0.29) is 23.9 Å². The van der Waals surface area contributed by atoms with Crippen LogP contribution in [-0.2, 0) is 4.79 Å². The Balaban J connectivity index is 2.15. The van der Waals surface area contributed by atoms with E-state index in [2.05, 4.69) is 5.32 Å². The van der Waals surface area contributed by atoms with Gasteiger partial charge in [0.1, 0.15) is 5.78 Å². The molecule has 0 aromatic heterocycles. The molecule has 66 valence electrons. The van der Waals surface area contributed by atoms with E-state index in [9.17, 15) is 9.59 Å². The largest absolute Gasteiger partial charge is 0.333 e. The highest BCUT2D eigenvalue weighted by molar-refractivity contribution is 5.84. The second-order valence-electron chi connectivity index (χ2n) is 3.52. The van der Waals surface area contributed by atoms with Gasteiger partial charge in [0, 0.05) is 19.9 Å². The second-order valence-corrected chi connectivity index (χ2v) is 3.52. The molecule has 1 aliphatic carbocycles. The fourth-order valence-electron chi connectivity index (χ4n) is 1.97. The average Bonchev–Trinajstić information content (AvgIpc) is 2.31. The molecule has 1 N–H and O–H groups in total. The van der Waals surface area contributed by atoms with Crippen LogP contribution in [0, 0.1) is 0 Å². The van der Waals surface area contributed by atoms with Crippen LogP contribution in [0.2, 0.25) is 0 Å². The average molecular weight is 168 g/mol. The molecule has 0 spiro atoms. The number of carbonyl (C=O) groups is 2. The van der Waals surface area contributed by atoms with Gasteiger partial charge in [-0.3, -0.25) is 4.79 Å². The molecule has 1 heterocycles. The number of nitrogens with one attached hydrogen (secondary N) is 1. The van der Waals surface area contributed by atoms with Gasteiger partial charge in [0.05, 0.1) is 12.1 Å². The lowest BCUT2D eigenvalue weighted by Gasteiger charge is -2.26. The number of carbonyl (C=O) groups excluding carboxylic acids is 2. The van der Waals surface area contributed by atoms with Gasteiger partial charge in [-0.25, -0.2) is 4.79 Å². The predicted molar refractivity (Wildman–Crippen MR) is 42.7 cm³/mol. The molecule has 2 atom stereocenters. The fourth-order valence-corrected chi connectivity index (χ4v) is 1.97. The van der Waals surface area contributed by atoms with Gasteiger partial charge in [-0.1, -0.05) is 0 Å². The highest BCUT2D eigenvalue weighted by Gasteiger charge is 2.40. The Bertz CT molecular complexity index is 239. The summed E-state index contributed by atoms with van der Waals surface area (Å²) < 4.78 is 0. The maximum Gasteiger partial charge on any atom is 0.317 e. The van der Waals surface area contributed by atoms with E-state index in [1.807, 2.05) is 0 Å². The fraction of sp³-hybridized carbons (Fsp3) is 0.750. The van der Waals surface area contributed by atoms with Gasteiger partial charge in [0.2, 0.25) is 0 Å². The third kappa shape index (κ3) is 0.983. The molecule has 2 amide bonds. The first-order chi connectivity index (χ1) is 5.68. The van der Waals surface area contributed by atoms with Crippen molar-refractivity contribution in [3.05, 3.63) is 0 Å². The third-order valence-corrected chi connectivity index (χ3v) is 2.76. The monoisotopic (exact) mass is 168 g/mol. The quantitative estimate of drug-likeness (QED) is 0.559. The Morgan fingerprint density at radius 2 is 2.25 bits per heavy atom. The van der Waals surface area contributed by atoms with Crippen molar-refractivity contribution in [3.63, 3.8) is 0 Å². The topological polar surface area (TPSA) is 49.4 Å². The van der Waals surface area contributed by atoms with Crippen LogP contribution >= 0.6 is 0 Å². The summed E-state index contributed by atoms with van der Waals surface area (Å²) in [5.74, 6) is 0.277. The molecule has 2 fully saturated rings. The number of ketones is 1. The Kier molecular flexibility index (Phi) is 1.56. The molecule has 1 aliphatic heterocycles. The van der Waals surface area contributed by atoms with Gasteiger partial charge in [0.15, 0.2) is 0 Å². The van der Waals surface area contributed by atoms with Crippen LogP contribution in [-0.4, -0.2) is 35.8 Å². The van der Waals surface area contributed by atoms with Crippen LogP contribution in [0.25, 0.3) is 0 Å². The number of amides is 2. The lowest BCUT2D eigenvalue weighted by molar-refractivity contribution is -0.121. The first-order valence-electron chi connectivity index (χ1n) is 4.23. The molecule has 12 heavy (non-hydrogen) atoms. The highest BCUT2D eigenvalue weighted by atomic mass is 16.2. The van der Waals surface area contributed by atoms with Gasteiger partial charge in [-0.05, 0) is 6.42 Å². The number of fused-ring (bicyclic) bond motifs is 1. The van der Waals surface area contributed by atoms with Crippen molar-refractivity contribution in [3.8, 4) is 0 Å². The van der Waals surface area contributed by atoms with Crippen molar-refractivity contribution < 1.29 is 9.59 Å². The molecule has 2 aliphatic rings. The summed E-state index contributed by atoms with van der Waals surface area (Å²) in [6.07, 6.45) is 1.95. The highest BCUT2D eigenvalue weighted by Crippen LogP contribution is 2.24. The lowest BCUT2D eigenvalue weighted by atomic mass is 9.90. The van der Waals surface area contributed by atoms with Gasteiger partial charge in [0.25, 0.3) is 0 Å². The number of Topliss-reactive ketones (excluding diaryl/α,β-unsaturated/α-hetero) is 1. The second kappa shape index (κ2) is 2.47. The number of hydrogen-bond acceptors (Lipinski definition) is 2. The normalized spacial score (nSPS) is 34.9. The van der Waals surface area contributed by atoms with Gasteiger partial charge < -0.3 is 10.2 Å². The molecule has 2 rings (SSSR count). The molecular formula is C8H12N2O2. The van der Waals surface area contributed by atoms with Crippen LogP contribution < -0.4 is 5.32 Å². The Labute approximate surface area is 70.9 Å². The number of rotatable bonds is 0. The van der Waals surface area contributed by atoms with Crippen LogP contribution in [0.15, 0.2) is 0 Å². The number of nitrogens with zero attached hydrogens (tertiary/aromatic N) is 1. The van der Waals surface area contributed by atoms with E-state index in [1.165, 1.54) is 0 Å². The van der Waals surface area contributed by atoms with E-state index in [4.69, 9.17) is 0 Å². The molecule has 1 saturated heterocycles. The van der Waals surface area contributed by atoms with Gasteiger partial charge in [-0.15, -0.1) is 0 Å². The van der Waals surface area contributed by atoms with E-state index >= 15 is 0 Å². The summed E-state index contributed by atoms with van der Waals surface area (Å²) >= 11 is 0. The molecule has 4 nitrogen and oxygen atoms in total. The van der Waals surface area contributed by atoms with Crippen LogP contribution in [0.1, 0.15) is 19.3 Å². The molecule has 2 unspecified atom stereocenters. The van der Waals surface area contributed by atoms with E-state index in [0.717, 1.165) is 6.42 Å². The van der Waals surface area contributed by atoms with Crippen molar-refractivity contribution in [1.29, 1.82) is 0 Å². The van der Waals surface area contributed by atoms with Crippen LogP contribution in [0.4, 0.5) is 4.79 Å². The standard InChI is InChI=1S/C8H12N2O2/c1-10-7-4-5(11)2-3-6(7)9-8(10)12/h6-7H,2-4H2,1H3,(H,9,12). The van der Waals surface area contributed by atoms with Crippen molar-refractivity contribution in [2.24, 2.45) is 0 Å². The Morgan fingerprint density at radius 1 is 1.50 bits per heavy atom. The Hall–Kier alpha value is -1.06. The predicted octanol–water partition coefficient (Wildman–Crippen LogP) is 0.132. The first-order valence-corrected chi connectivity index (χ1v) is 4.23. The van der Waals surface area contributed by atoms with E-state index in [0.29, 0.717) is 12.8 Å². The van der Waals surface area contributed by atoms with Gasteiger partial charge >= 0.3 is 6.03 Å². The van der Waals surface area contributed by atoms with E-state index < -0.39 is 0 Å². The van der Waals surface area contributed by atoms with Crippen LogP contribution in [0.5, 0.6) is 0 Å². The number of hydrogen-bond donors (Lipinski definition) is 1. The molecular weight excluding hydrogens is 156 g/mol. The summed E-state index contributed by atoms with van der Waals surface area (Å²) in [7, 11) is 1.75. The summed E-state index contributed by atoms with van der Waals surface area (Å²) in [6.45, 7) is 0. The maximum absolute atomic E-state index is 11.2. The summed E-state index contributed by atoms with van der Waals surface area (Å²) in [6, 6.07) is 0.277. The van der Waals surface area contributed by atoms with E-state index in [1.54, 1.807) is 11.9 Å². The van der Waals surface area contributed by atoms with Gasteiger partial charge in [-0.2, -0.15) is 0 Å². The zero-order valence-corrected chi connectivity index (χ0v) is 7.04. The summed E-state index contributed by atoms with van der Waals surface area (Å²) in [5, 5.41) is 2.86. The number of likely N-dealkylation sites (N-methyl/N-ethyl adjacent to an activating group) is 1. The number of urea groups is 1. The molecule has 4 heteroatoms. The molecule has 1 saturated carbocycles. The van der Waals surface area contributed by atoms with Crippen molar-refractivity contribution in [2.75, 3.05) is 7.05 Å². The van der Waals surface area contributed by atoms with Crippen molar-refractivity contribution in [2.45, 2.75) is 31.3 Å². The minimum absolute atomic E-state index is 0.0419. The van der Waals surface area contributed by atoms with Crippen LogP contribution in [0.3, 0.4) is 0 Å². The molecule has 0 bridgehead atoms. The zero-order valence-electron chi connectivity index (χ0n) is 7.04. The minimum Gasteiger partial charge on any atom is -0.333 e. The molecule has 0 radical (unpaired) electrons. The zero-order chi connectivity index (χ0) is 8.72. The van der Waals surface area contributed by atoms with Crippen molar-refractivity contribution in [1.82, 2.24) is 10.2 Å². The third-order valence-electron chi connectivity index (χ3n) is 2.76. The molecule has 0 aromatic carbocycles. The SMILES string of the molecule is CN1C(=O)NC2CCC(=O)CC21. The molecule has 0 aromatic rings. The first kappa shape index (κ1) is 7.58. The summed E-state index contributed by atoms with van der Waals surface area (Å²) in [4.78, 5) is 23.9. The lowest BCUT2D eigenvalue weighted by Crippen LogP contribution is -2.40. The minimum atomic E-state index is -0.0419. The smallest absolute Gasteiger partial charge is 0.317 e. The maximum atomic E-state index is 11.2. The van der Waals surface area contributed by atoms with Crippen molar-refractivity contribution >= 4 is 11.8 Å². The Morgan fingerprint density at radius 3 is 3.00 bits per heavy atom.